The first-order chi connectivity index (χ1) is 9.95. The number of carbonyl (C=O) groups is 2. The van der Waals surface area contributed by atoms with Crippen molar-refractivity contribution < 1.29 is 19.8 Å². The van der Waals surface area contributed by atoms with Gasteiger partial charge >= 0.3 is 5.97 Å². The van der Waals surface area contributed by atoms with Crippen molar-refractivity contribution in [2.75, 3.05) is 5.73 Å². The highest BCUT2D eigenvalue weighted by molar-refractivity contribution is 6.06. The molecule has 2 aromatic rings. The summed E-state index contributed by atoms with van der Waals surface area (Å²) >= 11 is 0. The molecule has 0 spiro atoms. The van der Waals surface area contributed by atoms with Gasteiger partial charge in [-0.05, 0) is 23.8 Å². The molecule has 21 heavy (non-hydrogen) atoms. The standard InChI is InChI=1S/C14H13N3O4/c15-10-3-1-9(2-4-10)8-17-6-5-11(16-17)12(18)7-13(19)14(20)21/h1-7,19H,8,15H2,(H,20,21). The molecule has 0 unspecified atom stereocenters. The van der Waals surface area contributed by atoms with Crippen LogP contribution in [-0.4, -0.2) is 31.7 Å². The van der Waals surface area contributed by atoms with Crippen LogP contribution >= 0.6 is 0 Å². The summed E-state index contributed by atoms with van der Waals surface area (Å²) in [5.74, 6) is -3.26. The number of anilines is 1. The van der Waals surface area contributed by atoms with Crippen molar-refractivity contribution >= 4 is 17.4 Å². The lowest BCUT2D eigenvalue weighted by molar-refractivity contribution is -0.135. The van der Waals surface area contributed by atoms with Gasteiger partial charge < -0.3 is 15.9 Å². The summed E-state index contributed by atoms with van der Waals surface area (Å²) in [6.07, 6.45) is 2.22. The average Bonchev–Trinajstić information content (AvgIpc) is 2.90. The lowest BCUT2D eigenvalue weighted by Crippen LogP contribution is -2.06. The van der Waals surface area contributed by atoms with Gasteiger partial charge in [-0.25, -0.2) is 4.79 Å². The molecule has 0 radical (unpaired) electrons. The van der Waals surface area contributed by atoms with Gasteiger partial charge in [-0.15, -0.1) is 0 Å². The third kappa shape index (κ3) is 3.69. The predicted molar refractivity (Wildman–Crippen MR) is 74.9 cm³/mol. The summed E-state index contributed by atoms with van der Waals surface area (Å²) < 4.78 is 1.53. The number of nitrogens with two attached hydrogens (primary N) is 1. The van der Waals surface area contributed by atoms with Crippen molar-refractivity contribution in [3.8, 4) is 0 Å². The van der Waals surface area contributed by atoms with Crippen LogP contribution in [0.25, 0.3) is 0 Å². The molecule has 1 aromatic carbocycles. The van der Waals surface area contributed by atoms with Crippen molar-refractivity contribution in [1.82, 2.24) is 9.78 Å². The van der Waals surface area contributed by atoms with Gasteiger partial charge in [0.15, 0.2) is 0 Å². The van der Waals surface area contributed by atoms with Crippen LogP contribution in [0.4, 0.5) is 5.69 Å². The maximum Gasteiger partial charge on any atom is 0.371 e. The normalized spacial score (nSPS) is 11.3. The first-order valence-corrected chi connectivity index (χ1v) is 6.02. The van der Waals surface area contributed by atoms with Crippen LogP contribution in [0.5, 0.6) is 0 Å². The number of allylic oxidation sites excluding steroid dienone is 1. The van der Waals surface area contributed by atoms with E-state index in [0.717, 1.165) is 5.56 Å². The van der Waals surface area contributed by atoms with Crippen molar-refractivity contribution in [2.24, 2.45) is 0 Å². The van der Waals surface area contributed by atoms with Gasteiger partial charge in [-0.2, -0.15) is 5.10 Å². The zero-order valence-corrected chi connectivity index (χ0v) is 10.9. The molecule has 7 nitrogen and oxygen atoms in total. The summed E-state index contributed by atoms with van der Waals surface area (Å²) in [6, 6.07) is 8.66. The number of ketones is 1. The van der Waals surface area contributed by atoms with Crippen LogP contribution in [0.2, 0.25) is 0 Å². The predicted octanol–water partition coefficient (Wildman–Crippen LogP) is 1.22. The molecule has 2 rings (SSSR count). The summed E-state index contributed by atoms with van der Waals surface area (Å²) in [4.78, 5) is 22.1. The van der Waals surface area contributed by atoms with Crippen molar-refractivity contribution in [3.05, 3.63) is 59.6 Å². The van der Waals surface area contributed by atoms with Gasteiger partial charge in [0.05, 0.1) is 6.54 Å². The van der Waals surface area contributed by atoms with Gasteiger partial charge in [-0.3, -0.25) is 9.48 Å². The monoisotopic (exact) mass is 287 g/mol. The number of aromatic nitrogens is 2. The third-order valence-electron chi connectivity index (χ3n) is 2.70. The molecule has 0 saturated heterocycles. The van der Waals surface area contributed by atoms with E-state index in [1.54, 1.807) is 18.3 Å². The molecule has 0 amide bonds. The lowest BCUT2D eigenvalue weighted by Gasteiger charge is -2.02. The number of carbonyl (C=O) groups excluding carboxylic acids is 1. The minimum atomic E-state index is -1.57. The molecular weight excluding hydrogens is 274 g/mol. The third-order valence-corrected chi connectivity index (χ3v) is 2.70. The van der Waals surface area contributed by atoms with Crippen LogP contribution in [0.3, 0.4) is 0 Å². The second kappa shape index (κ2) is 5.91. The van der Waals surface area contributed by atoms with E-state index in [2.05, 4.69) is 5.10 Å². The minimum Gasteiger partial charge on any atom is -0.502 e. The van der Waals surface area contributed by atoms with Crippen LogP contribution < -0.4 is 5.73 Å². The highest BCUT2D eigenvalue weighted by Crippen LogP contribution is 2.08. The highest BCUT2D eigenvalue weighted by atomic mass is 16.4. The summed E-state index contributed by atoms with van der Waals surface area (Å²) in [5, 5.41) is 21.5. The van der Waals surface area contributed by atoms with Crippen molar-refractivity contribution in [1.29, 1.82) is 0 Å². The smallest absolute Gasteiger partial charge is 0.371 e. The molecular formula is C14H13N3O4. The van der Waals surface area contributed by atoms with Crippen LogP contribution in [0.15, 0.2) is 48.4 Å². The molecule has 0 aliphatic heterocycles. The first-order valence-electron chi connectivity index (χ1n) is 6.02. The number of nitrogens with zero attached hydrogens (tertiary/aromatic N) is 2. The maximum absolute atomic E-state index is 11.7. The zero-order valence-electron chi connectivity index (χ0n) is 10.9. The molecule has 1 aromatic heterocycles. The Bertz CT molecular complexity index is 701. The molecule has 7 heteroatoms. The van der Waals surface area contributed by atoms with Crippen LogP contribution in [0.1, 0.15) is 16.1 Å². The Balaban J connectivity index is 2.11. The largest absolute Gasteiger partial charge is 0.502 e. The van der Waals surface area contributed by atoms with Crippen LogP contribution in [0, 0.1) is 0 Å². The number of benzene rings is 1. The Kier molecular flexibility index (Phi) is 4.03. The van der Waals surface area contributed by atoms with Gasteiger partial charge in [0, 0.05) is 18.0 Å². The Labute approximate surface area is 119 Å². The summed E-state index contributed by atoms with van der Waals surface area (Å²) in [7, 11) is 0. The zero-order chi connectivity index (χ0) is 15.4. The molecule has 0 fully saturated rings. The Hall–Kier alpha value is -3.09. The number of aliphatic hydroxyl groups is 1. The van der Waals surface area contributed by atoms with E-state index in [-0.39, 0.29) is 5.69 Å². The van der Waals surface area contributed by atoms with E-state index >= 15 is 0 Å². The van der Waals surface area contributed by atoms with Gasteiger partial charge in [-0.1, -0.05) is 12.1 Å². The van der Waals surface area contributed by atoms with E-state index in [0.29, 0.717) is 18.3 Å². The minimum absolute atomic E-state index is 0.0539. The number of aliphatic carboxylic acids is 1. The Morgan fingerprint density at radius 1 is 1.19 bits per heavy atom. The SMILES string of the molecule is Nc1ccc(Cn2ccc(C(=O)C=C(O)C(=O)O)n2)cc1. The Morgan fingerprint density at radius 2 is 1.86 bits per heavy atom. The molecule has 4 N–H and O–H groups in total. The van der Waals surface area contributed by atoms with E-state index in [4.69, 9.17) is 15.9 Å². The maximum atomic E-state index is 11.7. The number of nitrogen functional groups attached to an aromatic ring is 1. The Morgan fingerprint density at radius 3 is 2.48 bits per heavy atom. The second-order valence-corrected chi connectivity index (χ2v) is 4.34. The van der Waals surface area contributed by atoms with Crippen molar-refractivity contribution in [3.63, 3.8) is 0 Å². The molecule has 108 valence electrons. The van der Waals surface area contributed by atoms with Gasteiger partial charge in [0.2, 0.25) is 11.5 Å². The van der Waals surface area contributed by atoms with Crippen molar-refractivity contribution in [2.45, 2.75) is 6.54 Å². The fourth-order valence-corrected chi connectivity index (χ4v) is 1.65. The fourth-order valence-electron chi connectivity index (χ4n) is 1.65. The van der Waals surface area contributed by atoms with E-state index < -0.39 is 17.5 Å². The van der Waals surface area contributed by atoms with E-state index in [1.165, 1.54) is 10.7 Å². The molecule has 0 aliphatic rings. The van der Waals surface area contributed by atoms with Crippen LogP contribution in [-0.2, 0) is 11.3 Å². The summed E-state index contributed by atoms with van der Waals surface area (Å²) in [5.41, 5.74) is 7.25. The number of hydrogen-bond donors (Lipinski definition) is 3. The molecule has 0 atom stereocenters. The fraction of sp³-hybridized carbons (Fsp3) is 0.0714. The highest BCUT2D eigenvalue weighted by Gasteiger charge is 2.12. The quantitative estimate of drug-likeness (QED) is 0.329. The molecule has 0 saturated carbocycles. The average molecular weight is 287 g/mol. The second-order valence-electron chi connectivity index (χ2n) is 4.34. The first kappa shape index (κ1) is 14.3. The number of rotatable bonds is 5. The topological polar surface area (TPSA) is 118 Å². The van der Waals surface area contributed by atoms with E-state index in [1.807, 2.05) is 12.1 Å². The van der Waals surface area contributed by atoms with Gasteiger partial charge in [0.25, 0.3) is 0 Å². The number of hydrogen-bond acceptors (Lipinski definition) is 5. The molecule has 1 heterocycles. The summed E-state index contributed by atoms with van der Waals surface area (Å²) in [6.45, 7) is 0.447. The van der Waals surface area contributed by atoms with E-state index in [9.17, 15) is 9.59 Å². The molecule has 0 bridgehead atoms. The number of aliphatic hydroxyl groups excluding tert-OH is 1. The molecule has 0 aliphatic carbocycles. The lowest BCUT2D eigenvalue weighted by atomic mass is 10.2. The van der Waals surface area contributed by atoms with Gasteiger partial charge in [0.1, 0.15) is 5.69 Å². The number of carboxylic acids is 1. The number of carboxylic acid groups (broad SMARTS) is 1.